The Morgan fingerprint density at radius 3 is 2.90 bits per heavy atom. The first-order chi connectivity index (χ1) is 10.3. The van der Waals surface area contributed by atoms with Crippen LogP contribution in [0.3, 0.4) is 0 Å². The summed E-state index contributed by atoms with van der Waals surface area (Å²) in [7, 11) is 0. The molecule has 1 aliphatic heterocycles. The van der Waals surface area contributed by atoms with Gasteiger partial charge in [0.25, 0.3) is 0 Å². The highest BCUT2D eigenvalue weighted by atomic mass is 16.3. The number of pyridine rings is 1. The van der Waals surface area contributed by atoms with Gasteiger partial charge in [-0.1, -0.05) is 31.5 Å². The quantitative estimate of drug-likeness (QED) is 0.932. The molecule has 2 heterocycles. The molecule has 1 fully saturated rings. The lowest BCUT2D eigenvalue weighted by Crippen LogP contribution is -2.26. The fraction of sp³-hybridized carbons (Fsp3) is 0.500. The minimum absolute atomic E-state index is 0.0564. The second kappa shape index (κ2) is 6.44. The summed E-state index contributed by atoms with van der Waals surface area (Å²) in [6, 6.07) is 10.2. The van der Waals surface area contributed by atoms with Crippen molar-refractivity contribution in [1.29, 1.82) is 0 Å². The molecular weight excluding hydrogens is 260 g/mol. The van der Waals surface area contributed by atoms with Crippen LogP contribution >= 0.6 is 0 Å². The molecule has 0 bridgehead atoms. The third-order valence-corrected chi connectivity index (χ3v) is 4.67. The number of para-hydroxylation sites is 1. The van der Waals surface area contributed by atoms with Crippen LogP contribution < -0.4 is 4.90 Å². The monoisotopic (exact) mass is 284 g/mol. The van der Waals surface area contributed by atoms with Gasteiger partial charge in [-0.3, -0.25) is 0 Å². The van der Waals surface area contributed by atoms with Crippen molar-refractivity contribution < 1.29 is 5.11 Å². The molecule has 0 amide bonds. The Labute approximate surface area is 126 Å². The number of aliphatic hydroxyl groups excluding tert-OH is 1. The van der Waals surface area contributed by atoms with Gasteiger partial charge in [-0.25, -0.2) is 4.98 Å². The first kappa shape index (κ1) is 14.3. The molecule has 1 aromatic carbocycles. The van der Waals surface area contributed by atoms with E-state index in [2.05, 4.69) is 24.0 Å². The highest BCUT2D eigenvalue weighted by Crippen LogP contribution is 2.28. The molecule has 0 aliphatic carbocycles. The van der Waals surface area contributed by atoms with E-state index in [1.807, 2.05) is 18.2 Å². The van der Waals surface area contributed by atoms with Crippen LogP contribution in [0, 0.1) is 5.92 Å². The van der Waals surface area contributed by atoms with E-state index >= 15 is 0 Å². The number of hydrogen-bond donors (Lipinski definition) is 1. The Bertz CT molecular complexity index is 611. The molecular formula is C18H24N2O. The Morgan fingerprint density at radius 1 is 1.24 bits per heavy atom. The average molecular weight is 284 g/mol. The van der Waals surface area contributed by atoms with E-state index in [1.54, 1.807) is 0 Å². The first-order valence-electron chi connectivity index (χ1n) is 8.06. The van der Waals surface area contributed by atoms with Crippen molar-refractivity contribution in [2.75, 3.05) is 18.0 Å². The normalized spacial score (nSPS) is 19.7. The van der Waals surface area contributed by atoms with E-state index in [-0.39, 0.29) is 6.61 Å². The van der Waals surface area contributed by atoms with Gasteiger partial charge in [0, 0.05) is 24.0 Å². The lowest BCUT2D eigenvalue weighted by Gasteiger charge is -2.24. The zero-order chi connectivity index (χ0) is 14.7. The molecule has 1 unspecified atom stereocenters. The summed E-state index contributed by atoms with van der Waals surface area (Å²) < 4.78 is 0. The van der Waals surface area contributed by atoms with Crippen molar-refractivity contribution in [3.63, 3.8) is 0 Å². The average Bonchev–Trinajstić information content (AvgIpc) is 2.79. The molecule has 0 radical (unpaired) electrons. The van der Waals surface area contributed by atoms with E-state index in [4.69, 9.17) is 4.98 Å². The van der Waals surface area contributed by atoms with Crippen molar-refractivity contribution in [3.05, 3.63) is 35.9 Å². The number of fused-ring (bicyclic) bond motifs is 1. The standard InChI is InChI=1S/C18H24N2O/c1-2-14-6-5-10-20(11-9-14)18-16(13-21)12-15-7-3-4-8-17(15)19-18/h3-4,7-8,12,14,21H,2,5-6,9-11,13H2,1H3. The number of hydrogen-bond acceptors (Lipinski definition) is 3. The van der Waals surface area contributed by atoms with E-state index < -0.39 is 0 Å². The maximum Gasteiger partial charge on any atom is 0.134 e. The second-order valence-electron chi connectivity index (χ2n) is 6.01. The van der Waals surface area contributed by atoms with Crippen LogP contribution in [0.25, 0.3) is 10.9 Å². The Balaban J connectivity index is 1.94. The Morgan fingerprint density at radius 2 is 2.10 bits per heavy atom. The number of anilines is 1. The molecule has 112 valence electrons. The predicted molar refractivity (Wildman–Crippen MR) is 87.5 cm³/mol. The van der Waals surface area contributed by atoms with Gasteiger partial charge in [-0.05, 0) is 37.3 Å². The Kier molecular flexibility index (Phi) is 4.39. The molecule has 0 saturated carbocycles. The van der Waals surface area contributed by atoms with Crippen LogP contribution in [-0.4, -0.2) is 23.2 Å². The zero-order valence-corrected chi connectivity index (χ0v) is 12.8. The van der Waals surface area contributed by atoms with Gasteiger partial charge >= 0.3 is 0 Å². The molecule has 1 aliphatic rings. The molecule has 0 spiro atoms. The van der Waals surface area contributed by atoms with Crippen LogP contribution in [0.2, 0.25) is 0 Å². The number of aliphatic hydroxyl groups is 1. The molecule has 21 heavy (non-hydrogen) atoms. The topological polar surface area (TPSA) is 36.4 Å². The number of rotatable bonds is 3. The molecule has 1 aromatic heterocycles. The summed E-state index contributed by atoms with van der Waals surface area (Å²) in [5.41, 5.74) is 1.96. The summed E-state index contributed by atoms with van der Waals surface area (Å²) >= 11 is 0. The van der Waals surface area contributed by atoms with Crippen molar-refractivity contribution in [1.82, 2.24) is 4.98 Å². The summed E-state index contributed by atoms with van der Waals surface area (Å²) in [5, 5.41) is 10.8. The third kappa shape index (κ3) is 3.03. The van der Waals surface area contributed by atoms with Crippen molar-refractivity contribution in [2.45, 2.75) is 39.2 Å². The van der Waals surface area contributed by atoms with Crippen molar-refractivity contribution >= 4 is 16.7 Å². The van der Waals surface area contributed by atoms with Gasteiger partial charge in [0.1, 0.15) is 5.82 Å². The number of nitrogens with zero attached hydrogens (tertiary/aromatic N) is 2. The molecule has 3 heteroatoms. The lowest BCUT2D eigenvalue weighted by atomic mass is 9.98. The van der Waals surface area contributed by atoms with Gasteiger partial charge in [-0.15, -0.1) is 0 Å². The van der Waals surface area contributed by atoms with Crippen LogP contribution in [0.5, 0.6) is 0 Å². The smallest absolute Gasteiger partial charge is 0.134 e. The fourth-order valence-electron chi connectivity index (χ4n) is 3.33. The summed E-state index contributed by atoms with van der Waals surface area (Å²) in [5.74, 6) is 1.82. The maximum absolute atomic E-state index is 9.71. The lowest BCUT2D eigenvalue weighted by molar-refractivity contribution is 0.282. The van der Waals surface area contributed by atoms with Gasteiger partial charge in [-0.2, -0.15) is 0 Å². The predicted octanol–water partition coefficient (Wildman–Crippen LogP) is 3.74. The molecule has 1 atom stereocenters. The molecule has 2 aromatic rings. The van der Waals surface area contributed by atoms with Crippen molar-refractivity contribution in [3.8, 4) is 0 Å². The molecule has 3 rings (SSSR count). The number of benzene rings is 1. The second-order valence-corrected chi connectivity index (χ2v) is 6.01. The van der Waals surface area contributed by atoms with Gasteiger partial charge < -0.3 is 10.0 Å². The summed E-state index contributed by atoms with van der Waals surface area (Å²) in [6.45, 7) is 4.44. The number of aromatic nitrogens is 1. The maximum atomic E-state index is 9.71. The Hall–Kier alpha value is -1.61. The SMILES string of the molecule is CCC1CCCN(c2nc3ccccc3cc2CO)CC1. The van der Waals surface area contributed by atoms with Gasteiger partial charge in [0.05, 0.1) is 12.1 Å². The van der Waals surface area contributed by atoms with Gasteiger partial charge in [0.15, 0.2) is 0 Å². The van der Waals surface area contributed by atoms with Crippen molar-refractivity contribution in [2.24, 2.45) is 5.92 Å². The first-order valence-corrected chi connectivity index (χ1v) is 8.06. The van der Waals surface area contributed by atoms with Crippen LogP contribution in [0.1, 0.15) is 38.2 Å². The summed E-state index contributed by atoms with van der Waals surface area (Å²) in [6.07, 6.45) is 5.04. The highest BCUT2D eigenvalue weighted by Gasteiger charge is 2.19. The van der Waals surface area contributed by atoms with E-state index in [0.717, 1.165) is 41.3 Å². The molecule has 1 N–H and O–H groups in total. The fourth-order valence-corrected chi connectivity index (χ4v) is 3.33. The third-order valence-electron chi connectivity index (χ3n) is 4.67. The molecule has 1 saturated heterocycles. The van der Waals surface area contributed by atoms with Crippen LogP contribution in [0.15, 0.2) is 30.3 Å². The largest absolute Gasteiger partial charge is 0.392 e. The minimum Gasteiger partial charge on any atom is -0.392 e. The molecule has 3 nitrogen and oxygen atoms in total. The van der Waals surface area contributed by atoms with E-state index in [0.29, 0.717) is 0 Å². The highest BCUT2D eigenvalue weighted by molar-refractivity contribution is 5.81. The minimum atomic E-state index is 0.0564. The summed E-state index contributed by atoms with van der Waals surface area (Å²) in [4.78, 5) is 7.20. The zero-order valence-electron chi connectivity index (χ0n) is 12.8. The van der Waals surface area contributed by atoms with Crippen LogP contribution in [-0.2, 0) is 6.61 Å². The van der Waals surface area contributed by atoms with E-state index in [1.165, 1.54) is 25.7 Å². The van der Waals surface area contributed by atoms with E-state index in [9.17, 15) is 5.11 Å². The van der Waals surface area contributed by atoms with Gasteiger partial charge in [0.2, 0.25) is 0 Å². The van der Waals surface area contributed by atoms with Crippen LogP contribution in [0.4, 0.5) is 5.82 Å².